The van der Waals surface area contributed by atoms with Gasteiger partial charge in [0.2, 0.25) is 0 Å². The van der Waals surface area contributed by atoms with E-state index < -0.39 is 6.10 Å². The summed E-state index contributed by atoms with van der Waals surface area (Å²) < 4.78 is 5.41. The molecule has 0 aromatic heterocycles. The molecular formula is C11H13NO3. The first-order valence-corrected chi connectivity index (χ1v) is 4.94. The van der Waals surface area contributed by atoms with Crippen molar-refractivity contribution in [2.75, 3.05) is 11.4 Å². The van der Waals surface area contributed by atoms with E-state index in [1.54, 1.807) is 24.0 Å². The minimum atomic E-state index is -0.487. The number of nitrogens with zero attached hydrogens (tertiary/aromatic N) is 1. The van der Waals surface area contributed by atoms with E-state index in [9.17, 15) is 9.90 Å². The number of phenols is 1. The summed E-state index contributed by atoms with van der Waals surface area (Å²) in [7, 11) is 0. The molecule has 0 spiro atoms. The number of carbonyl (C=O) groups is 1. The van der Waals surface area contributed by atoms with Gasteiger partial charge in [-0.15, -0.1) is 0 Å². The van der Waals surface area contributed by atoms with Crippen molar-refractivity contribution < 1.29 is 14.6 Å². The number of likely N-dealkylation sites (N-methyl/N-ethyl adjacent to an activating group) is 1. The van der Waals surface area contributed by atoms with Crippen LogP contribution in [0.5, 0.6) is 11.5 Å². The van der Waals surface area contributed by atoms with Gasteiger partial charge in [0.25, 0.3) is 5.91 Å². The predicted octanol–water partition coefficient (Wildman–Crippen LogP) is 1.53. The molecule has 0 aliphatic carbocycles. The maximum absolute atomic E-state index is 11.7. The minimum Gasteiger partial charge on any atom is -0.508 e. The lowest BCUT2D eigenvalue weighted by Crippen LogP contribution is -2.44. The van der Waals surface area contributed by atoms with Crippen LogP contribution in [-0.4, -0.2) is 23.7 Å². The molecule has 0 saturated carbocycles. The van der Waals surface area contributed by atoms with E-state index in [2.05, 4.69) is 0 Å². The number of benzene rings is 1. The molecule has 1 aliphatic heterocycles. The van der Waals surface area contributed by atoms with Crippen molar-refractivity contribution in [1.82, 2.24) is 0 Å². The molecule has 80 valence electrons. The number of rotatable bonds is 1. The monoisotopic (exact) mass is 207 g/mol. The maximum Gasteiger partial charge on any atom is 0.267 e. The average Bonchev–Trinajstić information content (AvgIpc) is 2.20. The molecule has 4 nitrogen and oxygen atoms in total. The summed E-state index contributed by atoms with van der Waals surface area (Å²) in [5.74, 6) is 0.658. The van der Waals surface area contributed by atoms with Crippen LogP contribution in [0.3, 0.4) is 0 Å². The fourth-order valence-corrected chi connectivity index (χ4v) is 1.73. The number of carbonyl (C=O) groups excluding carboxylic acids is 1. The number of hydrogen-bond donors (Lipinski definition) is 1. The molecule has 4 heteroatoms. The second-order valence-electron chi connectivity index (χ2n) is 3.49. The SMILES string of the molecule is CCN1C(=O)C(C)Oc2cc(O)ccc21. The van der Waals surface area contributed by atoms with Gasteiger partial charge >= 0.3 is 0 Å². The summed E-state index contributed by atoms with van der Waals surface area (Å²) in [6.07, 6.45) is -0.487. The van der Waals surface area contributed by atoms with Crippen LogP contribution in [0.15, 0.2) is 18.2 Å². The molecule has 1 amide bonds. The molecule has 1 heterocycles. The predicted molar refractivity (Wildman–Crippen MR) is 56.2 cm³/mol. The van der Waals surface area contributed by atoms with Gasteiger partial charge in [0.1, 0.15) is 11.5 Å². The van der Waals surface area contributed by atoms with Crippen LogP contribution in [0, 0.1) is 0 Å². The summed E-state index contributed by atoms with van der Waals surface area (Å²) >= 11 is 0. The molecule has 1 N–H and O–H groups in total. The van der Waals surface area contributed by atoms with Gasteiger partial charge in [-0.2, -0.15) is 0 Å². The molecule has 15 heavy (non-hydrogen) atoms. The Hall–Kier alpha value is -1.71. The first-order chi connectivity index (χ1) is 7.13. The normalized spacial score (nSPS) is 19.7. The third-order valence-electron chi connectivity index (χ3n) is 2.47. The Balaban J connectivity index is 2.49. The zero-order valence-corrected chi connectivity index (χ0v) is 8.73. The Morgan fingerprint density at radius 2 is 2.27 bits per heavy atom. The van der Waals surface area contributed by atoms with Crippen molar-refractivity contribution in [3.63, 3.8) is 0 Å². The molecular weight excluding hydrogens is 194 g/mol. The lowest BCUT2D eigenvalue weighted by atomic mass is 10.2. The number of phenolic OH excluding ortho intramolecular Hbond substituents is 1. The number of amides is 1. The van der Waals surface area contributed by atoms with Gasteiger partial charge in [-0.25, -0.2) is 0 Å². The van der Waals surface area contributed by atoms with Crippen LogP contribution in [0.1, 0.15) is 13.8 Å². The fraction of sp³-hybridized carbons (Fsp3) is 0.364. The van der Waals surface area contributed by atoms with Gasteiger partial charge in [-0.1, -0.05) is 0 Å². The van der Waals surface area contributed by atoms with Crippen molar-refractivity contribution >= 4 is 11.6 Å². The quantitative estimate of drug-likeness (QED) is 0.759. The third-order valence-corrected chi connectivity index (χ3v) is 2.47. The van der Waals surface area contributed by atoms with Gasteiger partial charge in [0.05, 0.1) is 5.69 Å². The lowest BCUT2D eigenvalue weighted by Gasteiger charge is -2.32. The topological polar surface area (TPSA) is 49.8 Å². The molecule has 0 fully saturated rings. The van der Waals surface area contributed by atoms with Crippen molar-refractivity contribution in [3.05, 3.63) is 18.2 Å². The van der Waals surface area contributed by atoms with E-state index >= 15 is 0 Å². The number of aromatic hydroxyl groups is 1. The zero-order chi connectivity index (χ0) is 11.0. The number of ether oxygens (including phenoxy) is 1. The Labute approximate surface area is 88.1 Å². The first kappa shape index (κ1) is 9.83. The van der Waals surface area contributed by atoms with Gasteiger partial charge in [0.15, 0.2) is 6.10 Å². The lowest BCUT2D eigenvalue weighted by molar-refractivity contribution is -0.125. The highest BCUT2D eigenvalue weighted by Gasteiger charge is 2.30. The summed E-state index contributed by atoms with van der Waals surface area (Å²) in [4.78, 5) is 13.4. The summed E-state index contributed by atoms with van der Waals surface area (Å²) in [6, 6.07) is 4.77. The van der Waals surface area contributed by atoms with Crippen LogP contribution >= 0.6 is 0 Å². The number of hydrogen-bond acceptors (Lipinski definition) is 3. The Kier molecular flexibility index (Phi) is 2.26. The van der Waals surface area contributed by atoms with Gasteiger partial charge < -0.3 is 14.7 Å². The molecule has 0 saturated heterocycles. The number of fused-ring (bicyclic) bond motifs is 1. The molecule has 2 rings (SSSR count). The largest absolute Gasteiger partial charge is 0.508 e. The Bertz CT molecular complexity index is 403. The molecule has 1 aromatic rings. The van der Waals surface area contributed by atoms with E-state index in [-0.39, 0.29) is 11.7 Å². The van der Waals surface area contributed by atoms with Crippen molar-refractivity contribution in [1.29, 1.82) is 0 Å². The molecule has 1 unspecified atom stereocenters. The van der Waals surface area contributed by atoms with E-state index in [4.69, 9.17) is 4.74 Å². The molecule has 1 aromatic carbocycles. The van der Waals surface area contributed by atoms with E-state index in [1.807, 2.05) is 6.92 Å². The van der Waals surface area contributed by atoms with Crippen LogP contribution in [-0.2, 0) is 4.79 Å². The van der Waals surface area contributed by atoms with Crippen LogP contribution in [0.2, 0.25) is 0 Å². The number of anilines is 1. The van der Waals surface area contributed by atoms with E-state index in [0.29, 0.717) is 12.3 Å². The van der Waals surface area contributed by atoms with Crippen molar-refractivity contribution in [3.8, 4) is 11.5 Å². The Morgan fingerprint density at radius 3 is 2.93 bits per heavy atom. The third kappa shape index (κ3) is 1.52. The van der Waals surface area contributed by atoms with Crippen molar-refractivity contribution in [2.45, 2.75) is 20.0 Å². The highest BCUT2D eigenvalue weighted by Crippen LogP contribution is 2.36. The van der Waals surface area contributed by atoms with Crippen LogP contribution < -0.4 is 9.64 Å². The maximum atomic E-state index is 11.7. The van der Waals surface area contributed by atoms with Crippen LogP contribution in [0.4, 0.5) is 5.69 Å². The standard InChI is InChI=1S/C11H13NO3/c1-3-12-9-5-4-8(13)6-10(9)15-7(2)11(12)14/h4-7,13H,3H2,1-2H3. The summed E-state index contributed by atoms with van der Waals surface area (Å²) in [6.45, 7) is 4.22. The molecule has 0 radical (unpaired) electrons. The minimum absolute atomic E-state index is 0.0457. The van der Waals surface area contributed by atoms with E-state index in [0.717, 1.165) is 5.69 Å². The Morgan fingerprint density at radius 1 is 1.53 bits per heavy atom. The highest BCUT2D eigenvalue weighted by molar-refractivity contribution is 5.99. The smallest absolute Gasteiger partial charge is 0.267 e. The second kappa shape index (κ2) is 3.46. The highest BCUT2D eigenvalue weighted by atomic mass is 16.5. The van der Waals surface area contributed by atoms with Crippen molar-refractivity contribution in [2.24, 2.45) is 0 Å². The van der Waals surface area contributed by atoms with Crippen LogP contribution in [0.25, 0.3) is 0 Å². The van der Waals surface area contributed by atoms with Gasteiger partial charge in [-0.3, -0.25) is 4.79 Å². The zero-order valence-electron chi connectivity index (χ0n) is 8.73. The molecule has 1 atom stereocenters. The van der Waals surface area contributed by atoms with E-state index in [1.165, 1.54) is 6.07 Å². The van der Waals surface area contributed by atoms with Gasteiger partial charge in [0, 0.05) is 12.6 Å². The summed E-state index contributed by atoms with van der Waals surface area (Å²) in [5.41, 5.74) is 0.721. The summed E-state index contributed by atoms with van der Waals surface area (Å²) in [5, 5.41) is 9.32. The first-order valence-electron chi connectivity index (χ1n) is 4.94. The molecule has 1 aliphatic rings. The molecule has 0 bridgehead atoms. The van der Waals surface area contributed by atoms with Gasteiger partial charge in [-0.05, 0) is 26.0 Å². The fourth-order valence-electron chi connectivity index (χ4n) is 1.73. The second-order valence-corrected chi connectivity index (χ2v) is 3.49. The average molecular weight is 207 g/mol.